The largest absolute Gasteiger partial charge is 0.456 e. The molecule has 0 aliphatic rings. The third-order valence-corrected chi connectivity index (χ3v) is 21.8. The summed E-state index contributed by atoms with van der Waals surface area (Å²) >= 11 is 0. The maximum Gasteiger partial charge on any atom is 0.160 e. The van der Waals surface area contributed by atoms with E-state index in [0.29, 0.717) is 0 Å². The van der Waals surface area contributed by atoms with Crippen molar-refractivity contribution in [2.24, 2.45) is 0 Å². The van der Waals surface area contributed by atoms with Crippen LogP contribution in [-0.2, 0) is 0 Å². The van der Waals surface area contributed by atoms with E-state index in [1.807, 2.05) is 158 Å². The molecule has 0 aliphatic heterocycles. The quantitative estimate of drug-likeness (QED) is 0.125. The highest BCUT2D eigenvalue weighted by Crippen LogP contribution is 2.43. The summed E-state index contributed by atoms with van der Waals surface area (Å²) in [6, 6.07) is 142. The van der Waals surface area contributed by atoms with Crippen LogP contribution in [0.25, 0.3) is 222 Å². The molecular formula is C108H68N6O3. The third kappa shape index (κ3) is 13.4. The van der Waals surface area contributed by atoms with Crippen molar-refractivity contribution in [2.75, 3.05) is 0 Å². The van der Waals surface area contributed by atoms with Crippen molar-refractivity contribution in [1.29, 1.82) is 0 Å². The van der Waals surface area contributed by atoms with E-state index >= 15 is 0 Å². The lowest BCUT2D eigenvalue weighted by atomic mass is 9.93. The maximum absolute atomic E-state index is 6.07. The Morgan fingerprint density at radius 1 is 0.145 bits per heavy atom. The number of hydrogen-bond donors (Lipinski definition) is 0. The molecule has 0 saturated carbocycles. The van der Waals surface area contributed by atoms with Crippen LogP contribution in [0.4, 0.5) is 0 Å². The molecule has 0 atom stereocenters. The average Bonchev–Trinajstić information content (AvgIpc) is 1.74. The molecule has 0 amide bonds. The van der Waals surface area contributed by atoms with E-state index < -0.39 is 0 Å². The van der Waals surface area contributed by atoms with Gasteiger partial charge < -0.3 is 13.3 Å². The van der Waals surface area contributed by atoms with Gasteiger partial charge in [0.2, 0.25) is 0 Å². The Morgan fingerprint density at radius 3 is 0.957 bits per heavy atom. The molecule has 6 aromatic heterocycles. The fourth-order valence-electron chi connectivity index (χ4n) is 16.0. The molecule has 0 saturated heterocycles. The van der Waals surface area contributed by atoms with Crippen molar-refractivity contribution in [3.63, 3.8) is 0 Å². The van der Waals surface area contributed by atoms with Crippen LogP contribution in [0.15, 0.2) is 426 Å². The minimum Gasteiger partial charge on any atom is -0.456 e. The van der Waals surface area contributed by atoms with Crippen LogP contribution in [0.1, 0.15) is 0 Å². The second-order valence-electron chi connectivity index (χ2n) is 29.1. The Balaban J connectivity index is 0.000000111. The molecule has 9 nitrogen and oxygen atoms in total. The van der Waals surface area contributed by atoms with Gasteiger partial charge in [-0.15, -0.1) is 0 Å². The van der Waals surface area contributed by atoms with Gasteiger partial charge in [-0.2, -0.15) is 0 Å². The molecule has 23 rings (SSSR count). The summed E-state index contributed by atoms with van der Waals surface area (Å²) in [5.74, 6) is 0.732. The molecule has 0 N–H and O–H groups in total. The van der Waals surface area contributed by atoms with Gasteiger partial charge in [0.1, 0.15) is 33.5 Å². The first-order chi connectivity index (χ1) is 57.9. The van der Waals surface area contributed by atoms with Gasteiger partial charge >= 0.3 is 0 Å². The minimum atomic E-state index is 0.732. The Morgan fingerprint density at radius 2 is 0.462 bits per heavy atom. The van der Waals surface area contributed by atoms with Gasteiger partial charge in [0.25, 0.3) is 0 Å². The van der Waals surface area contributed by atoms with E-state index in [2.05, 4.69) is 255 Å². The molecule has 0 bridgehead atoms. The molecule has 23 aromatic rings. The highest BCUT2D eigenvalue weighted by Gasteiger charge is 2.22. The molecule has 0 radical (unpaired) electrons. The molecule has 117 heavy (non-hydrogen) atoms. The molecule has 548 valence electrons. The summed E-state index contributed by atoms with van der Waals surface area (Å²) in [5.41, 5.74) is 31.8. The first kappa shape index (κ1) is 69.1. The third-order valence-electron chi connectivity index (χ3n) is 21.8. The van der Waals surface area contributed by atoms with Crippen LogP contribution in [0.5, 0.6) is 0 Å². The summed E-state index contributed by atoms with van der Waals surface area (Å²) < 4.78 is 18.1. The normalized spacial score (nSPS) is 11.4. The number of hydrogen-bond acceptors (Lipinski definition) is 9. The summed E-state index contributed by atoms with van der Waals surface area (Å²) in [6.45, 7) is 0. The Labute approximate surface area is 673 Å². The first-order valence-corrected chi connectivity index (χ1v) is 39.2. The average molecular weight is 1500 g/mol. The molecule has 6 heterocycles. The topological polar surface area (TPSA) is 117 Å². The number of aromatic nitrogens is 6. The Kier molecular flexibility index (Phi) is 17.7. The van der Waals surface area contributed by atoms with Crippen LogP contribution < -0.4 is 0 Å². The lowest BCUT2D eigenvalue weighted by Gasteiger charge is -2.15. The van der Waals surface area contributed by atoms with Gasteiger partial charge in [-0.1, -0.05) is 309 Å². The molecule has 9 heteroatoms. The molecule has 0 spiro atoms. The maximum atomic E-state index is 6.07. The summed E-state index contributed by atoms with van der Waals surface area (Å²) in [4.78, 5) is 30.8. The van der Waals surface area contributed by atoms with Crippen molar-refractivity contribution in [2.45, 2.75) is 0 Å². The highest BCUT2D eigenvalue weighted by atomic mass is 16.3. The van der Waals surface area contributed by atoms with Crippen molar-refractivity contribution < 1.29 is 13.3 Å². The smallest absolute Gasteiger partial charge is 0.160 e. The van der Waals surface area contributed by atoms with Crippen LogP contribution in [0, 0.1) is 0 Å². The van der Waals surface area contributed by atoms with Gasteiger partial charge in [-0.05, 0) is 153 Å². The molecule has 0 fully saturated rings. The van der Waals surface area contributed by atoms with E-state index in [0.717, 1.165) is 222 Å². The molecular weight excluding hydrogens is 1430 g/mol. The van der Waals surface area contributed by atoms with E-state index in [1.54, 1.807) is 0 Å². The van der Waals surface area contributed by atoms with E-state index in [-0.39, 0.29) is 0 Å². The number of fused-ring (bicyclic) bond motifs is 12. The predicted octanol–water partition coefficient (Wildman–Crippen LogP) is 28.9. The van der Waals surface area contributed by atoms with Gasteiger partial charge in [-0.25, -0.2) is 29.9 Å². The summed E-state index contributed by atoms with van der Waals surface area (Å²) in [7, 11) is 0. The van der Waals surface area contributed by atoms with Crippen molar-refractivity contribution in [3.05, 3.63) is 413 Å². The van der Waals surface area contributed by atoms with Crippen LogP contribution in [-0.4, -0.2) is 29.9 Å². The minimum absolute atomic E-state index is 0.732. The number of benzene rings is 17. The van der Waals surface area contributed by atoms with Gasteiger partial charge in [0.05, 0.1) is 56.1 Å². The lowest BCUT2D eigenvalue weighted by molar-refractivity contribution is 0.668. The standard InChI is InChI=1S/C44H28N2O.2C32H20N2O/c1-3-11-29(12-4-1)34-25-35(30-13-5-2-6-14-30)27-36(26-34)44-43(45-39-16-8-9-17-40(39)46-44)32-21-19-31(20-22-32)33-23-24-42-38(28-33)37-15-7-10-18-41(37)47-42;1-3-10-21(11-4-1)30-31(22-12-5-2-6-13-22)34-32-24(15-9-16-27(32)33-30)23-18-19-29-26(20-23)25-14-7-8-17-28(25)35-29;1-3-9-21(10-4-1)31-27-20-23(15-17-28(27)33-32(34-31)22-11-5-2-6-12-22)24-16-18-30-26(19-24)25-13-7-8-14-29(25)35-30/h1-28H;2*1-20H. The molecule has 17 aromatic carbocycles. The van der Waals surface area contributed by atoms with Crippen LogP contribution >= 0.6 is 0 Å². The lowest BCUT2D eigenvalue weighted by Crippen LogP contribution is -1.97. The monoisotopic (exact) mass is 1500 g/mol. The number of rotatable bonds is 11. The van der Waals surface area contributed by atoms with E-state index in [1.165, 1.54) is 0 Å². The van der Waals surface area contributed by atoms with Gasteiger partial charge in [0.15, 0.2) is 5.82 Å². The van der Waals surface area contributed by atoms with E-state index in [9.17, 15) is 0 Å². The highest BCUT2D eigenvalue weighted by molar-refractivity contribution is 6.10. The van der Waals surface area contributed by atoms with E-state index in [4.69, 9.17) is 43.2 Å². The molecule has 0 unspecified atom stereocenters. The SMILES string of the molecule is c1ccc(-c2cc(-c3ccccc3)cc(-c3nc4ccccc4nc3-c3ccc(-c4ccc5oc6ccccc6c5c4)cc3)c2)cc1.c1ccc(-c2nc(-c3ccccc3)c3cc(-c4ccc5oc6ccccc6c5c4)ccc3n2)cc1.c1ccc(-c2nc3cccc(-c4ccc5oc6ccccc6c5c4)c3nc2-c2ccccc2)cc1. The molecule has 0 aliphatic carbocycles. The second kappa shape index (κ2) is 30.0. The fourth-order valence-corrected chi connectivity index (χ4v) is 16.0. The van der Waals surface area contributed by atoms with Crippen LogP contribution in [0.3, 0.4) is 0 Å². The van der Waals surface area contributed by atoms with Crippen molar-refractivity contribution in [1.82, 2.24) is 29.9 Å². The first-order valence-electron chi connectivity index (χ1n) is 39.2. The van der Waals surface area contributed by atoms with Crippen molar-refractivity contribution >= 4 is 98.8 Å². The van der Waals surface area contributed by atoms with Crippen molar-refractivity contribution in [3.8, 4) is 123 Å². The zero-order valence-electron chi connectivity index (χ0n) is 63.2. The van der Waals surface area contributed by atoms with Gasteiger partial charge in [0, 0.05) is 76.6 Å². The number of furan rings is 3. The number of nitrogens with zero attached hydrogens (tertiary/aromatic N) is 6. The zero-order valence-corrected chi connectivity index (χ0v) is 63.2. The Bertz CT molecular complexity index is 7610. The Hall–Kier alpha value is -15.8. The predicted molar refractivity (Wildman–Crippen MR) is 480 cm³/mol. The number of para-hydroxylation sites is 6. The van der Waals surface area contributed by atoms with Gasteiger partial charge in [-0.3, -0.25) is 0 Å². The summed E-state index contributed by atoms with van der Waals surface area (Å²) in [6.07, 6.45) is 0. The second-order valence-corrected chi connectivity index (χ2v) is 29.1. The zero-order chi connectivity index (χ0) is 77.5. The van der Waals surface area contributed by atoms with Crippen LogP contribution in [0.2, 0.25) is 0 Å². The fraction of sp³-hybridized carbons (Fsp3) is 0. The summed E-state index contributed by atoms with van der Waals surface area (Å²) in [5, 5.41) is 7.76.